The molecule has 13 heavy (non-hydrogen) atoms. The van der Waals surface area contributed by atoms with Crippen molar-refractivity contribution in [3.63, 3.8) is 0 Å². The number of carbonyl (C=O) groups is 1. The van der Waals surface area contributed by atoms with Crippen LogP contribution >= 0.6 is 0 Å². The number of benzene rings is 1. The number of nitrogens with zero attached hydrogens (tertiary/aromatic N) is 1. The van der Waals surface area contributed by atoms with E-state index in [1.54, 1.807) is 17.0 Å². The van der Waals surface area contributed by atoms with Crippen LogP contribution in [0.3, 0.4) is 0 Å². The van der Waals surface area contributed by atoms with Crippen LogP contribution in [0.2, 0.25) is 0 Å². The average Bonchev–Trinajstić information content (AvgIpc) is 2.93. The van der Waals surface area contributed by atoms with Gasteiger partial charge in [0.1, 0.15) is 5.82 Å². The summed E-state index contributed by atoms with van der Waals surface area (Å²) in [5, 5.41) is 0. The van der Waals surface area contributed by atoms with Crippen molar-refractivity contribution in [1.29, 1.82) is 0 Å². The highest BCUT2D eigenvalue weighted by atomic mass is 19.1. The van der Waals surface area contributed by atoms with E-state index in [4.69, 9.17) is 0 Å². The van der Waals surface area contributed by atoms with Crippen LogP contribution in [0.1, 0.15) is 12.8 Å². The second-order valence-corrected chi connectivity index (χ2v) is 3.22. The fourth-order valence-corrected chi connectivity index (χ4v) is 1.32. The SMILES string of the molecule is O=CN(c1ccc(F)cc1)C1CC1. The van der Waals surface area contributed by atoms with Crippen LogP contribution in [-0.4, -0.2) is 12.5 Å². The van der Waals surface area contributed by atoms with Crippen molar-refractivity contribution in [2.45, 2.75) is 18.9 Å². The first-order chi connectivity index (χ1) is 6.31. The minimum absolute atomic E-state index is 0.273. The monoisotopic (exact) mass is 179 g/mol. The van der Waals surface area contributed by atoms with Crippen LogP contribution in [0.5, 0.6) is 0 Å². The first-order valence-electron chi connectivity index (χ1n) is 4.30. The lowest BCUT2D eigenvalue weighted by molar-refractivity contribution is -0.107. The minimum Gasteiger partial charge on any atom is -0.312 e. The largest absolute Gasteiger partial charge is 0.312 e. The fraction of sp³-hybridized carbons (Fsp3) is 0.300. The van der Waals surface area contributed by atoms with Gasteiger partial charge in [-0.3, -0.25) is 4.79 Å². The molecule has 0 spiro atoms. The number of halogens is 1. The highest BCUT2D eigenvalue weighted by Crippen LogP contribution is 2.30. The van der Waals surface area contributed by atoms with Gasteiger partial charge in [-0.25, -0.2) is 4.39 Å². The Labute approximate surface area is 76.0 Å². The molecule has 0 unspecified atom stereocenters. The number of carbonyl (C=O) groups excluding carboxylic acids is 1. The van der Waals surface area contributed by atoms with E-state index in [-0.39, 0.29) is 5.82 Å². The highest BCUT2D eigenvalue weighted by molar-refractivity contribution is 5.76. The molecular formula is C10H10FNO. The number of hydrogen-bond donors (Lipinski definition) is 0. The zero-order chi connectivity index (χ0) is 9.26. The first kappa shape index (κ1) is 8.23. The number of rotatable bonds is 3. The maximum Gasteiger partial charge on any atom is 0.214 e. The highest BCUT2D eigenvalue weighted by Gasteiger charge is 2.28. The fourth-order valence-electron chi connectivity index (χ4n) is 1.32. The lowest BCUT2D eigenvalue weighted by Gasteiger charge is -2.15. The molecule has 0 atom stereocenters. The van der Waals surface area contributed by atoms with E-state index in [9.17, 15) is 9.18 Å². The predicted octanol–water partition coefficient (Wildman–Crippen LogP) is 1.95. The molecule has 2 nitrogen and oxygen atoms in total. The molecule has 1 fully saturated rings. The number of hydrogen-bond acceptors (Lipinski definition) is 1. The maximum absolute atomic E-state index is 12.6. The normalized spacial score (nSPS) is 15.5. The smallest absolute Gasteiger partial charge is 0.214 e. The summed E-state index contributed by atoms with van der Waals surface area (Å²) < 4.78 is 12.6. The lowest BCUT2D eigenvalue weighted by atomic mass is 10.3. The maximum atomic E-state index is 12.6. The van der Waals surface area contributed by atoms with E-state index in [1.807, 2.05) is 0 Å². The van der Waals surface area contributed by atoms with Crippen molar-refractivity contribution in [2.75, 3.05) is 4.90 Å². The number of anilines is 1. The summed E-state index contributed by atoms with van der Waals surface area (Å²) in [6.07, 6.45) is 2.91. The van der Waals surface area contributed by atoms with Gasteiger partial charge in [0.15, 0.2) is 0 Å². The second-order valence-electron chi connectivity index (χ2n) is 3.22. The Morgan fingerprint density at radius 2 is 1.92 bits per heavy atom. The van der Waals surface area contributed by atoms with Crippen molar-refractivity contribution in [1.82, 2.24) is 0 Å². The van der Waals surface area contributed by atoms with Gasteiger partial charge in [0.2, 0.25) is 6.41 Å². The third-order valence-corrected chi connectivity index (χ3v) is 2.18. The van der Waals surface area contributed by atoms with Crippen molar-refractivity contribution in [3.8, 4) is 0 Å². The van der Waals surface area contributed by atoms with Gasteiger partial charge in [-0.2, -0.15) is 0 Å². The zero-order valence-electron chi connectivity index (χ0n) is 7.11. The van der Waals surface area contributed by atoms with Crippen molar-refractivity contribution >= 4 is 12.1 Å². The van der Waals surface area contributed by atoms with Crippen LogP contribution in [0, 0.1) is 5.82 Å². The van der Waals surface area contributed by atoms with E-state index in [0.29, 0.717) is 6.04 Å². The average molecular weight is 179 g/mol. The summed E-state index contributed by atoms with van der Waals surface area (Å²) >= 11 is 0. The van der Waals surface area contributed by atoms with Gasteiger partial charge in [0.25, 0.3) is 0 Å². The molecule has 0 saturated heterocycles. The van der Waals surface area contributed by atoms with Gasteiger partial charge in [-0.15, -0.1) is 0 Å². The Bertz CT molecular complexity index is 305. The second kappa shape index (κ2) is 3.17. The number of amides is 1. The van der Waals surface area contributed by atoms with Gasteiger partial charge >= 0.3 is 0 Å². The van der Waals surface area contributed by atoms with E-state index < -0.39 is 0 Å². The third kappa shape index (κ3) is 1.69. The molecule has 0 aliphatic heterocycles. The van der Waals surface area contributed by atoms with Gasteiger partial charge in [-0.1, -0.05) is 0 Å². The molecule has 3 heteroatoms. The Morgan fingerprint density at radius 1 is 1.31 bits per heavy atom. The van der Waals surface area contributed by atoms with Crippen LogP contribution in [0.15, 0.2) is 24.3 Å². The topological polar surface area (TPSA) is 20.3 Å². The van der Waals surface area contributed by atoms with Gasteiger partial charge in [0, 0.05) is 11.7 Å². The molecular weight excluding hydrogens is 169 g/mol. The van der Waals surface area contributed by atoms with Crippen molar-refractivity contribution in [3.05, 3.63) is 30.1 Å². The molecule has 1 amide bonds. The van der Waals surface area contributed by atoms with E-state index in [1.165, 1.54) is 12.1 Å². The molecule has 0 aromatic heterocycles. The lowest BCUT2D eigenvalue weighted by Crippen LogP contribution is -2.23. The standard InChI is InChI=1S/C10H10FNO/c11-8-1-3-9(4-2-8)12(7-13)10-5-6-10/h1-4,7,10H,5-6H2. The van der Waals surface area contributed by atoms with Gasteiger partial charge in [-0.05, 0) is 37.1 Å². The molecule has 2 rings (SSSR count). The van der Waals surface area contributed by atoms with Crippen molar-refractivity contribution in [2.24, 2.45) is 0 Å². The van der Waals surface area contributed by atoms with Gasteiger partial charge < -0.3 is 4.90 Å². The molecule has 0 N–H and O–H groups in total. The molecule has 1 aromatic rings. The van der Waals surface area contributed by atoms with Crippen LogP contribution < -0.4 is 4.90 Å². The zero-order valence-corrected chi connectivity index (χ0v) is 7.11. The van der Waals surface area contributed by atoms with E-state index >= 15 is 0 Å². The summed E-state index contributed by atoms with van der Waals surface area (Å²) in [5.74, 6) is -0.273. The van der Waals surface area contributed by atoms with Crippen LogP contribution in [-0.2, 0) is 4.79 Å². The Hall–Kier alpha value is -1.38. The van der Waals surface area contributed by atoms with E-state index in [2.05, 4.69) is 0 Å². The summed E-state index contributed by atoms with van der Waals surface area (Å²) in [5.41, 5.74) is 0.777. The molecule has 0 heterocycles. The first-order valence-corrected chi connectivity index (χ1v) is 4.30. The Morgan fingerprint density at radius 3 is 2.38 bits per heavy atom. The van der Waals surface area contributed by atoms with Crippen LogP contribution in [0.4, 0.5) is 10.1 Å². The quantitative estimate of drug-likeness (QED) is 0.649. The Balaban J connectivity index is 2.21. The summed E-state index contributed by atoms with van der Waals surface area (Å²) in [6.45, 7) is 0. The molecule has 0 bridgehead atoms. The van der Waals surface area contributed by atoms with Crippen molar-refractivity contribution < 1.29 is 9.18 Å². The van der Waals surface area contributed by atoms with E-state index in [0.717, 1.165) is 24.9 Å². The molecule has 68 valence electrons. The summed E-state index contributed by atoms with van der Waals surface area (Å²) in [6, 6.07) is 6.33. The summed E-state index contributed by atoms with van der Waals surface area (Å²) in [4.78, 5) is 12.4. The predicted molar refractivity (Wildman–Crippen MR) is 48.0 cm³/mol. The Kier molecular flexibility index (Phi) is 2.00. The molecule has 1 aromatic carbocycles. The molecule has 1 saturated carbocycles. The molecule has 1 aliphatic carbocycles. The molecule has 1 aliphatic rings. The summed E-state index contributed by atoms with van der Waals surface area (Å²) in [7, 11) is 0. The minimum atomic E-state index is -0.273. The van der Waals surface area contributed by atoms with Gasteiger partial charge in [0.05, 0.1) is 0 Å². The third-order valence-electron chi connectivity index (χ3n) is 2.18. The molecule has 0 radical (unpaired) electrons. The van der Waals surface area contributed by atoms with Crippen LogP contribution in [0.25, 0.3) is 0 Å².